The molecule has 0 fully saturated rings. The first-order chi connectivity index (χ1) is 8.78. The minimum atomic E-state index is 0.708. The number of ether oxygens (including phenoxy) is 2. The molecule has 110 valence electrons. The lowest BCUT2D eigenvalue weighted by atomic mass is 10.5. The minimum Gasteiger partial charge on any atom is -0.378 e. The summed E-state index contributed by atoms with van der Waals surface area (Å²) in [6.45, 7) is 18.2. The van der Waals surface area contributed by atoms with Crippen LogP contribution in [0.5, 0.6) is 0 Å². The fourth-order valence-corrected chi connectivity index (χ4v) is 1.79. The van der Waals surface area contributed by atoms with Gasteiger partial charge in [-0.25, -0.2) is 0 Å². The summed E-state index contributed by atoms with van der Waals surface area (Å²) in [6, 6.07) is 0. The van der Waals surface area contributed by atoms with Crippen LogP contribution in [-0.4, -0.2) is 75.5 Å². The lowest BCUT2D eigenvalue weighted by molar-refractivity contribution is 0.0327. The highest BCUT2D eigenvalue weighted by Crippen LogP contribution is 1.89. The minimum absolute atomic E-state index is 0.708. The van der Waals surface area contributed by atoms with Gasteiger partial charge in [0.15, 0.2) is 0 Å². The van der Waals surface area contributed by atoms with Crippen LogP contribution >= 0.6 is 0 Å². The summed E-state index contributed by atoms with van der Waals surface area (Å²) in [4.78, 5) is 4.72. The van der Waals surface area contributed by atoms with Gasteiger partial charge in [0.25, 0.3) is 0 Å². The molecule has 0 aliphatic rings. The van der Waals surface area contributed by atoms with Crippen LogP contribution < -0.4 is 0 Å². The Bertz CT molecular complexity index is 142. The van der Waals surface area contributed by atoms with E-state index in [0.717, 1.165) is 52.5 Å². The highest BCUT2D eigenvalue weighted by Gasteiger charge is 1.99. The number of rotatable bonds is 13. The van der Waals surface area contributed by atoms with E-state index in [1.807, 2.05) is 0 Å². The van der Waals surface area contributed by atoms with E-state index in [4.69, 9.17) is 9.47 Å². The molecule has 0 aromatic rings. The smallest absolute Gasteiger partial charge is 0.0701 e. The molecule has 4 heteroatoms. The van der Waals surface area contributed by atoms with Gasteiger partial charge in [-0.05, 0) is 26.2 Å². The van der Waals surface area contributed by atoms with Crippen molar-refractivity contribution in [3.8, 4) is 0 Å². The number of hydrogen-bond acceptors (Lipinski definition) is 4. The summed E-state index contributed by atoms with van der Waals surface area (Å²) in [6.07, 6.45) is 0. The Morgan fingerprint density at radius 2 is 0.889 bits per heavy atom. The molecule has 4 nitrogen and oxygen atoms in total. The molecule has 0 heterocycles. The summed E-state index contributed by atoms with van der Waals surface area (Å²) in [5.41, 5.74) is 0. The van der Waals surface area contributed by atoms with Gasteiger partial charge in [-0.2, -0.15) is 0 Å². The molecule has 0 rings (SSSR count). The molecule has 0 aromatic carbocycles. The highest BCUT2D eigenvalue weighted by molar-refractivity contribution is 4.51. The molecule has 0 aliphatic carbocycles. The van der Waals surface area contributed by atoms with Crippen LogP contribution in [-0.2, 0) is 9.47 Å². The Hall–Kier alpha value is -0.160. The van der Waals surface area contributed by atoms with Crippen molar-refractivity contribution in [2.24, 2.45) is 0 Å². The fraction of sp³-hybridized carbons (Fsp3) is 1.00. The first kappa shape index (κ1) is 17.8. The Kier molecular flexibility index (Phi) is 13.2. The monoisotopic (exact) mass is 260 g/mol. The van der Waals surface area contributed by atoms with Gasteiger partial charge in [-0.3, -0.25) is 0 Å². The molecular formula is C14H32N2O2. The van der Waals surface area contributed by atoms with E-state index in [9.17, 15) is 0 Å². The molecule has 0 spiro atoms. The van der Waals surface area contributed by atoms with Crippen molar-refractivity contribution in [3.63, 3.8) is 0 Å². The predicted molar refractivity (Wildman–Crippen MR) is 77.2 cm³/mol. The lowest BCUT2D eigenvalue weighted by Gasteiger charge is -2.18. The van der Waals surface area contributed by atoms with Crippen LogP contribution in [0.25, 0.3) is 0 Å². The van der Waals surface area contributed by atoms with E-state index >= 15 is 0 Å². The zero-order valence-corrected chi connectivity index (χ0v) is 12.8. The molecule has 0 aliphatic heterocycles. The van der Waals surface area contributed by atoms with Crippen LogP contribution in [0.2, 0.25) is 0 Å². The van der Waals surface area contributed by atoms with E-state index < -0.39 is 0 Å². The van der Waals surface area contributed by atoms with Crippen molar-refractivity contribution >= 4 is 0 Å². The maximum Gasteiger partial charge on any atom is 0.0701 e. The Balaban J connectivity index is 3.21. The molecule has 0 aromatic heterocycles. The van der Waals surface area contributed by atoms with Crippen LogP contribution in [0.15, 0.2) is 0 Å². The van der Waals surface area contributed by atoms with Gasteiger partial charge in [-0.1, -0.05) is 27.7 Å². The molecule has 18 heavy (non-hydrogen) atoms. The standard InChI is InChI=1S/C14H32N2O2/c1-5-15(6-2)9-11-17-13-14-18-12-10-16(7-3)8-4/h5-14H2,1-4H3. The van der Waals surface area contributed by atoms with E-state index in [-0.39, 0.29) is 0 Å². The van der Waals surface area contributed by atoms with E-state index in [1.54, 1.807) is 0 Å². The zero-order chi connectivity index (χ0) is 13.6. The molecule has 0 saturated heterocycles. The van der Waals surface area contributed by atoms with Crippen LogP contribution in [0.4, 0.5) is 0 Å². The Morgan fingerprint density at radius 1 is 0.556 bits per heavy atom. The second-order valence-electron chi connectivity index (χ2n) is 4.28. The molecule has 0 N–H and O–H groups in total. The molecule has 0 radical (unpaired) electrons. The maximum atomic E-state index is 5.55. The second kappa shape index (κ2) is 13.3. The molecule has 0 saturated carbocycles. The predicted octanol–water partition coefficient (Wildman–Crippen LogP) is 1.70. The van der Waals surface area contributed by atoms with Crippen LogP contribution in [0, 0.1) is 0 Å². The van der Waals surface area contributed by atoms with E-state index in [2.05, 4.69) is 37.5 Å². The van der Waals surface area contributed by atoms with Crippen molar-refractivity contribution < 1.29 is 9.47 Å². The normalized spacial score (nSPS) is 11.7. The fourth-order valence-electron chi connectivity index (χ4n) is 1.79. The third-order valence-electron chi connectivity index (χ3n) is 3.26. The van der Waals surface area contributed by atoms with Crippen molar-refractivity contribution in [1.82, 2.24) is 9.80 Å². The van der Waals surface area contributed by atoms with Gasteiger partial charge in [0, 0.05) is 13.1 Å². The van der Waals surface area contributed by atoms with E-state index in [0.29, 0.717) is 13.2 Å². The van der Waals surface area contributed by atoms with Crippen molar-refractivity contribution in [1.29, 1.82) is 0 Å². The Labute approximate surface area is 113 Å². The van der Waals surface area contributed by atoms with Gasteiger partial charge in [0.2, 0.25) is 0 Å². The average Bonchev–Trinajstić information content (AvgIpc) is 2.41. The summed E-state index contributed by atoms with van der Waals surface area (Å²) < 4.78 is 11.1. The summed E-state index contributed by atoms with van der Waals surface area (Å²) in [7, 11) is 0. The molecule has 0 bridgehead atoms. The van der Waals surface area contributed by atoms with Crippen molar-refractivity contribution in [2.75, 3.05) is 65.7 Å². The first-order valence-corrected chi connectivity index (χ1v) is 7.38. The topological polar surface area (TPSA) is 24.9 Å². The lowest BCUT2D eigenvalue weighted by Crippen LogP contribution is -2.28. The number of hydrogen-bond donors (Lipinski definition) is 0. The van der Waals surface area contributed by atoms with Crippen molar-refractivity contribution in [2.45, 2.75) is 27.7 Å². The van der Waals surface area contributed by atoms with E-state index in [1.165, 1.54) is 0 Å². The third-order valence-corrected chi connectivity index (χ3v) is 3.26. The summed E-state index contributed by atoms with van der Waals surface area (Å²) in [5.74, 6) is 0. The maximum absolute atomic E-state index is 5.55. The molecule has 0 amide bonds. The second-order valence-corrected chi connectivity index (χ2v) is 4.28. The highest BCUT2D eigenvalue weighted by atomic mass is 16.5. The van der Waals surface area contributed by atoms with Crippen molar-refractivity contribution in [3.05, 3.63) is 0 Å². The molecule has 0 unspecified atom stereocenters. The quantitative estimate of drug-likeness (QED) is 0.471. The summed E-state index contributed by atoms with van der Waals surface area (Å²) >= 11 is 0. The van der Waals surface area contributed by atoms with Gasteiger partial charge in [0.1, 0.15) is 0 Å². The number of likely N-dealkylation sites (N-methyl/N-ethyl adjacent to an activating group) is 2. The summed E-state index contributed by atoms with van der Waals surface area (Å²) in [5, 5.41) is 0. The molecule has 0 atom stereocenters. The van der Waals surface area contributed by atoms with Gasteiger partial charge in [-0.15, -0.1) is 0 Å². The van der Waals surface area contributed by atoms with Gasteiger partial charge in [0.05, 0.1) is 26.4 Å². The SMILES string of the molecule is CCN(CC)CCOCCOCCN(CC)CC. The van der Waals surface area contributed by atoms with Crippen LogP contribution in [0.3, 0.4) is 0 Å². The Morgan fingerprint density at radius 3 is 1.17 bits per heavy atom. The van der Waals surface area contributed by atoms with Crippen LogP contribution in [0.1, 0.15) is 27.7 Å². The third kappa shape index (κ3) is 9.83. The van der Waals surface area contributed by atoms with Gasteiger partial charge >= 0.3 is 0 Å². The first-order valence-electron chi connectivity index (χ1n) is 7.38. The largest absolute Gasteiger partial charge is 0.378 e. The average molecular weight is 260 g/mol. The zero-order valence-electron chi connectivity index (χ0n) is 12.8. The molecular weight excluding hydrogens is 228 g/mol. The van der Waals surface area contributed by atoms with Gasteiger partial charge < -0.3 is 19.3 Å². The number of nitrogens with zero attached hydrogens (tertiary/aromatic N) is 2.